The lowest BCUT2D eigenvalue weighted by molar-refractivity contribution is -0.121. The summed E-state index contributed by atoms with van der Waals surface area (Å²) in [5.41, 5.74) is 0.119. The molecule has 0 radical (unpaired) electrons. The van der Waals surface area contributed by atoms with E-state index in [0.29, 0.717) is 13.0 Å². The first-order valence-electron chi connectivity index (χ1n) is 5.54. The Morgan fingerprint density at radius 1 is 1.59 bits per heavy atom. The molecule has 0 spiro atoms. The van der Waals surface area contributed by atoms with E-state index in [1.165, 1.54) is 0 Å². The third-order valence-corrected chi connectivity index (χ3v) is 3.00. The Hall–Kier alpha value is -0.910. The predicted octanol–water partition coefficient (Wildman–Crippen LogP) is 0.719. The summed E-state index contributed by atoms with van der Waals surface area (Å²) in [6, 6.07) is 1.93. The molecule has 1 amide bonds. The molecule has 0 aromatic carbocycles. The van der Waals surface area contributed by atoms with Crippen LogP contribution < -0.4 is 5.32 Å². The molecule has 1 atom stereocenters. The minimum atomic E-state index is -0.895. The number of hydrogen-bond donors (Lipinski definition) is 2. The molecule has 0 bridgehead atoms. The van der Waals surface area contributed by atoms with Crippen molar-refractivity contribution in [1.82, 2.24) is 10.2 Å². The number of nitrogens with one attached hydrogen (secondary N) is 1. The molecule has 5 heteroatoms. The van der Waals surface area contributed by atoms with Gasteiger partial charge in [0.2, 0.25) is 5.91 Å². The van der Waals surface area contributed by atoms with E-state index in [9.17, 15) is 9.90 Å². The molecule has 1 rings (SSSR count). The molecule has 0 aliphatic carbocycles. The molecule has 0 aliphatic rings. The Morgan fingerprint density at radius 3 is 2.82 bits per heavy atom. The summed E-state index contributed by atoms with van der Waals surface area (Å²) >= 11 is 1.58. The van der Waals surface area contributed by atoms with Crippen molar-refractivity contribution in [2.24, 2.45) is 0 Å². The van der Waals surface area contributed by atoms with Crippen molar-refractivity contribution in [3.8, 4) is 0 Å². The maximum atomic E-state index is 11.6. The topological polar surface area (TPSA) is 52.6 Å². The number of thiophene rings is 1. The molecule has 17 heavy (non-hydrogen) atoms. The standard InChI is InChI=1S/C12H20N2O2S/c1-12(16,9-14(2)3)8-13-11(15)6-10-4-5-17-7-10/h4-5,7,16H,6,8-9H2,1-3H3,(H,13,15). The summed E-state index contributed by atoms with van der Waals surface area (Å²) in [7, 11) is 3.78. The quantitative estimate of drug-likeness (QED) is 0.788. The first-order valence-corrected chi connectivity index (χ1v) is 6.48. The molecule has 1 aromatic rings. The van der Waals surface area contributed by atoms with Gasteiger partial charge in [-0.3, -0.25) is 4.79 Å². The smallest absolute Gasteiger partial charge is 0.224 e. The average Bonchev–Trinajstić information content (AvgIpc) is 2.65. The van der Waals surface area contributed by atoms with Gasteiger partial charge in [-0.1, -0.05) is 0 Å². The SMILES string of the molecule is CN(C)CC(C)(O)CNC(=O)Cc1ccsc1. The molecule has 2 N–H and O–H groups in total. The third kappa shape index (κ3) is 5.81. The van der Waals surface area contributed by atoms with Crippen molar-refractivity contribution < 1.29 is 9.90 Å². The number of likely N-dealkylation sites (N-methyl/N-ethyl adjacent to an activating group) is 1. The van der Waals surface area contributed by atoms with Crippen molar-refractivity contribution >= 4 is 17.2 Å². The van der Waals surface area contributed by atoms with E-state index in [4.69, 9.17) is 0 Å². The summed E-state index contributed by atoms with van der Waals surface area (Å²) in [5, 5.41) is 16.7. The second-order valence-electron chi connectivity index (χ2n) is 4.82. The van der Waals surface area contributed by atoms with Gasteiger partial charge in [0.15, 0.2) is 0 Å². The fourth-order valence-electron chi connectivity index (χ4n) is 1.67. The average molecular weight is 256 g/mol. The van der Waals surface area contributed by atoms with Gasteiger partial charge in [-0.05, 0) is 43.4 Å². The molecule has 0 aliphatic heterocycles. The van der Waals surface area contributed by atoms with E-state index in [2.05, 4.69) is 5.32 Å². The Balaban J connectivity index is 2.32. The number of amides is 1. The van der Waals surface area contributed by atoms with Gasteiger partial charge in [0, 0.05) is 13.1 Å². The number of aliphatic hydroxyl groups is 1. The van der Waals surface area contributed by atoms with E-state index in [0.717, 1.165) is 5.56 Å². The van der Waals surface area contributed by atoms with Gasteiger partial charge in [0.25, 0.3) is 0 Å². The largest absolute Gasteiger partial charge is 0.387 e. The zero-order chi connectivity index (χ0) is 12.9. The van der Waals surface area contributed by atoms with Crippen LogP contribution in [0.3, 0.4) is 0 Å². The Bertz CT molecular complexity index is 347. The summed E-state index contributed by atoms with van der Waals surface area (Å²) < 4.78 is 0. The summed E-state index contributed by atoms with van der Waals surface area (Å²) in [4.78, 5) is 13.5. The summed E-state index contributed by atoms with van der Waals surface area (Å²) in [6.45, 7) is 2.51. The molecule has 1 heterocycles. The lowest BCUT2D eigenvalue weighted by atomic mass is 10.1. The predicted molar refractivity (Wildman–Crippen MR) is 70.2 cm³/mol. The Kier molecular flexibility index (Phi) is 5.11. The first kappa shape index (κ1) is 14.2. The molecular formula is C12H20N2O2S. The number of hydrogen-bond acceptors (Lipinski definition) is 4. The van der Waals surface area contributed by atoms with E-state index >= 15 is 0 Å². The highest BCUT2D eigenvalue weighted by Gasteiger charge is 2.21. The van der Waals surface area contributed by atoms with Crippen molar-refractivity contribution in [2.45, 2.75) is 18.9 Å². The van der Waals surface area contributed by atoms with E-state index in [-0.39, 0.29) is 12.5 Å². The van der Waals surface area contributed by atoms with Gasteiger partial charge in [0.1, 0.15) is 0 Å². The van der Waals surface area contributed by atoms with E-state index in [1.807, 2.05) is 35.8 Å². The number of nitrogens with zero attached hydrogens (tertiary/aromatic N) is 1. The maximum Gasteiger partial charge on any atom is 0.224 e. The number of rotatable bonds is 6. The molecule has 0 saturated carbocycles. The molecule has 0 saturated heterocycles. The number of carbonyl (C=O) groups is 1. The lowest BCUT2D eigenvalue weighted by Gasteiger charge is -2.27. The van der Waals surface area contributed by atoms with Crippen LogP contribution in [0.4, 0.5) is 0 Å². The van der Waals surface area contributed by atoms with Crippen molar-refractivity contribution in [2.75, 3.05) is 27.2 Å². The highest BCUT2D eigenvalue weighted by molar-refractivity contribution is 7.07. The summed E-state index contributed by atoms with van der Waals surface area (Å²) in [6.07, 6.45) is 0.377. The third-order valence-electron chi connectivity index (χ3n) is 2.27. The van der Waals surface area contributed by atoms with Gasteiger partial charge < -0.3 is 15.3 Å². The van der Waals surface area contributed by atoms with Gasteiger partial charge in [-0.15, -0.1) is 0 Å². The lowest BCUT2D eigenvalue weighted by Crippen LogP contribution is -2.47. The highest BCUT2D eigenvalue weighted by Crippen LogP contribution is 2.07. The molecule has 4 nitrogen and oxygen atoms in total. The Morgan fingerprint density at radius 2 is 2.29 bits per heavy atom. The zero-order valence-electron chi connectivity index (χ0n) is 10.6. The van der Waals surface area contributed by atoms with Gasteiger partial charge in [0.05, 0.1) is 12.0 Å². The molecule has 1 unspecified atom stereocenters. The molecule has 0 fully saturated rings. The maximum absolute atomic E-state index is 11.6. The monoisotopic (exact) mass is 256 g/mol. The van der Waals surface area contributed by atoms with Crippen LogP contribution in [-0.4, -0.2) is 48.7 Å². The van der Waals surface area contributed by atoms with E-state index in [1.54, 1.807) is 18.3 Å². The van der Waals surface area contributed by atoms with Crippen LogP contribution in [0.5, 0.6) is 0 Å². The van der Waals surface area contributed by atoms with Crippen LogP contribution in [0, 0.1) is 0 Å². The molecule has 1 aromatic heterocycles. The van der Waals surface area contributed by atoms with Crippen molar-refractivity contribution in [3.05, 3.63) is 22.4 Å². The Labute approximate surface area is 106 Å². The van der Waals surface area contributed by atoms with Crippen LogP contribution in [0.15, 0.2) is 16.8 Å². The molecular weight excluding hydrogens is 236 g/mol. The van der Waals surface area contributed by atoms with E-state index < -0.39 is 5.60 Å². The van der Waals surface area contributed by atoms with Crippen LogP contribution in [0.1, 0.15) is 12.5 Å². The second-order valence-corrected chi connectivity index (χ2v) is 5.60. The molecule has 96 valence electrons. The second kappa shape index (κ2) is 6.14. The fourth-order valence-corrected chi connectivity index (χ4v) is 2.34. The summed E-state index contributed by atoms with van der Waals surface area (Å²) in [5.74, 6) is -0.0533. The zero-order valence-corrected chi connectivity index (χ0v) is 11.4. The fraction of sp³-hybridized carbons (Fsp3) is 0.583. The van der Waals surface area contributed by atoms with Crippen LogP contribution >= 0.6 is 11.3 Å². The van der Waals surface area contributed by atoms with Gasteiger partial charge in [-0.25, -0.2) is 0 Å². The van der Waals surface area contributed by atoms with Gasteiger partial charge >= 0.3 is 0 Å². The number of carbonyl (C=O) groups excluding carboxylic acids is 1. The minimum absolute atomic E-state index is 0.0533. The normalized spacial score (nSPS) is 14.6. The van der Waals surface area contributed by atoms with Crippen molar-refractivity contribution in [3.63, 3.8) is 0 Å². The van der Waals surface area contributed by atoms with Crippen LogP contribution in [0.2, 0.25) is 0 Å². The first-order chi connectivity index (χ1) is 7.89. The highest BCUT2D eigenvalue weighted by atomic mass is 32.1. The van der Waals surface area contributed by atoms with Crippen LogP contribution in [0.25, 0.3) is 0 Å². The minimum Gasteiger partial charge on any atom is -0.387 e. The van der Waals surface area contributed by atoms with Crippen molar-refractivity contribution in [1.29, 1.82) is 0 Å². The van der Waals surface area contributed by atoms with Crippen LogP contribution in [-0.2, 0) is 11.2 Å². The van der Waals surface area contributed by atoms with Gasteiger partial charge in [-0.2, -0.15) is 11.3 Å².